The molecule has 3 aromatic heterocycles. The van der Waals surface area contributed by atoms with Crippen LogP contribution in [0.15, 0.2) is 28.0 Å². The van der Waals surface area contributed by atoms with Gasteiger partial charge in [0.15, 0.2) is 10.9 Å². The van der Waals surface area contributed by atoms with Crippen LogP contribution in [0.5, 0.6) is 0 Å². The smallest absolute Gasteiger partial charge is 0.341 e. The fourth-order valence-electron chi connectivity index (χ4n) is 2.89. The Hall–Kier alpha value is -3.12. The van der Waals surface area contributed by atoms with Crippen LogP contribution in [0, 0.1) is 6.92 Å². The van der Waals surface area contributed by atoms with E-state index < -0.39 is 11.9 Å². The zero-order chi connectivity index (χ0) is 22.7. The van der Waals surface area contributed by atoms with E-state index in [1.54, 1.807) is 25.3 Å². The van der Waals surface area contributed by atoms with Crippen molar-refractivity contribution in [2.45, 2.75) is 32.0 Å². The maximum atomic E-state index is 12.6. The fourth-order valence-corrected chi connectivity index (χ4v) is 4.82. The second-order valence-electron chi connectivity index (χ2n) is 6.70. The molecule has 0 aliphatic carbocycles. The first-order chi connectivity index (χ1) is 14.7. The molecule has 0 atom stereocenters. The number of nitrogens with one attached hydrogen (secondary N) is 1. The monoisotopic (exact) mass is 463 g/mol. The van der Waals surface area contributed by atoms with Crippen molar-refractivity contribution < 1.29 is 23.5 Å². The third-order valence-electron chi connectivity index (χ3n) is 4.27. The summed E-state index contributed by atoms with van der Waals surface area (Å²) in [6, 6.07) is 3.58. The number of hydrogen-bond acceptors (Lipinski definition) is 9. The summed E-state index contributed by atoms with van der Waals surface area (Å²) < 4.78 is 12.1. The van der Waals surface area contributed by atoms with Gasteiger partial charge in [-0.1, -0.05) is 11.8 Å². The van der Waals surface area contributed by atoms with Crippen molar-refractivity contribution in [2.75, 3.05) is 18.2 Å². The van der Waals surface area contributed by atoms with E-state index in [4.69, 9.17) is 14.9 Å². The number of thiophene rings is 1. The SMILES string of the molecule is COC(=O)c1c(NC(=O)CSc2nnc(-c3ccco3)n2C(C)C)sc(C(N)=O)c1C. The number of ether oxygens (including phenoxy) is 1. The first kappa shape index (κ1) is 22.6. The van der Waals surface area contributed by atoms with Gasteiger partial charge in [-0.3, -0.25) is 14.2 Å². The number of aromatic nitrogens is 3. The van der Waals surface area contributed by atoms with E-state index in [9.17, 15) is 14.4 Å². The minimum atomic E-state index is -0.682. The highest BCUT2D eigenvalue weighted by molar-refractivity contribution is 7.99. The quantitative estimate of drug-likeness (QED) is 0.383. The highest BCUT2D eigenvalue weighted by atomic mass is 32.2. The van der Waals surface area contributed by atoms with Gasteiger partial charge in [0, 0.05) is 6.04 Å². The standard InChI is InChI=1S/C19H21N5O5S2/c1-9(2)24-16(11-6-5-7-29-11)22-23-19(24)30-8-12(25)21-17-13(18(27)28-4)10(3)14(31-17)15(20)26/h5-7,9H,8H2,1-4H3,(H2,20,26)(H,21,25). The predicted molar refractivity (Wildman–Crippen MR) is 116 cm³/mol. The van der Waals surface area contributed by atoms with Crippen LogP contribution in [0.25, 0.3) is 11.6 Å². The molecule has 0 bridgehead atoms. The minimum Gasteiger partial charge on any atom is -0.465 e. The van der Waals surface area contributed by atoms with Gasteiger partial charge in [-0.05, 0) is 38.5 Å². The summed E-state index contributed by atoms with van der Waals surface area (Å²) in [7, 11) is 1.22. The Morgan fingerprint density at radius 1 is 1.35 bits per heavy atom. The van der Waals surface area contributed by atoms with E-state index in [0.717, 1.165) is 11.3 Å². The molecule has 3 aromatic rings. The molecule has 164 valence electrons. The van der Waals surface area contributed by atoms with E-state index >= 15 is 0 Å². The van der Waals surface area contributed by atoms with Gasteiger partial charge in [-0.2, -0.15) is 0 Å². The summed E-state index contributed by atoms with van der Waals surface area (Å²) in [6.45, 7) is 5.53. The van der Waals surface area contributed by atoms with Crippen molar-refractivity contribution in [2.24, 2.45) is 5.73 Å². The number of amides is 2. The number of nitrogens with two attached hydrogens (primary N) is 1. The molecule has 0 aliphatic rings. The average Bonchev–Trinajstić information content (AvgIpc) is 3.44. The van der Waals surface area contributed by atoms with Crippen LogP contribution in [-0.2, 0) is 9.53 Å². The molecule has 0 fully saturated rings. The van der Waals surface area contributed by atoms with Gasteiger partial charge in [0.2, 0.25) is 11.7 Å². The Kier molecular flexibility index (Phi) is 6.81. The predicted octanol–water partition coefficient (Wildman–Crippen LogP) is 3.11. The lowest BCUT2D eigenvalue weighted by Gasteiger charge is -2.12. The Morgan fingerprint density at radius 3 is 2.68 bits per heavy atom. The summed E-state index contributed by atoms with van der Waals surface area (Å²) in [4.78, 5) is 36.5. The number of anilines is 1. The van der Waals surface area contributed by atoms with Crippen LogP contribution in [0.1, 0.15) is 45.5 Å². The molecular weight excluding hydrogens is 442 g/mol. The van der Waals surface area contributed by atoms with Crippen molar-refractivity contribution in [3.8, 4) is 11.6 Å². The van der Waals surface area contributed by atoms with Gasteiger partial charge in [-0.15, -0.1) is 21.5 Å². The lowest BCUT2D eigenvalue weighted by molar-refractivity contribution is -0.113. The van der Waals surface area contributed by atoms with Gasteiger partial charge < -0.3 is 20.2 Å². The summed E-state index contributed by atoms with van der Waals surface area (Å²) in [5.74, 6) is -0.578. The van der Waals surface area contributed by atoms with Gasteiger partial charge in [0.1, 0.15) is 5.00 Å². The van der Waals surface area contributed by atoms with Gasteiger partial charge in [0.05, 0.1) is 29.6 Å². The van der Waals surface area contributed by atoms with Crippen molar-refractivity contribution in [3.05, 3.63) is 34.4 Å². The molecule has 10 nitrogen and oxygen atoms in total. The van der Waals surface area contributed by atoms with Crippen molar-refractivity contribution in [1.29, 1.82) is 0 Å². The molecule has 0 radical (unpaired) electrons. The van der Waals surface area contributed by atoms with E-state index in [2.05, 4.69) is 15.5 Å². The van der Waals surface area contributed by atoms with E-state index in [-0.39, 0.29) is 33.1 Å². The maximum absolute atomic E-state index is 12.6. The number of esters is 1. The average molecular weight is 464 g/mol. The third-order valence-corrected chi connectivity index (χ3v) is 6.43. The lowest BCUT2D eigenvalue weighted by Crippen LogP contribution is -2.16. The van der Waals surface area contributed by atoms with Gasteiger partial charge in [-0.25, -0.2) is 4.79 Å². The topological polar surface area (TPSA) is 142 Å². The number of carbonyl (C=O) groups excluding carboxylic acids is 3. The number of methoxy groups -OCH3 is 1. The number of primary amides is 1. The molecular formula is C19H21N5O5S2. The first-order valence-corrected chi connectivity index (χ1v) is 11.0. The molecule has 0 aliphatic heterocycles. The van der Waals surface area contributed by atoms with Crippen LogP contribution in [0.3, 0.4) is 0 Å². The van der Waals surface area contributed by atoms with Crippen LogP contribution in [-0.4, -0.2) is 45.4 Å². The van der Waals surface area contributed by atoms with Crippen molar-refractivity contribution >= 4 is 45.9 Å². The molecule has 0 unspecified atom stereocenters. The fraction of sp³-hybridized carbons (Fsp3) is 0.316. The summed E-state index contributed by atoms with van der Waals surface area (Å²) in [5, 5.41) is 11.8. The van der Waals surface area contributed by atoms with E-state index in [1.165, 1.54) is 18.9 Å². The zero-order valence-electron chi connectivity index (χ0n) is 17.3. The molecule has 3 heterocycles. The highest BCUT2D eigenvalue weighted by Gasteiger charge is 2.26. The highest BCUT2D eigenvalue weighted by Crippen LogP contribution is 2.34. The molecule has 2 amide bonds. The molecule has 0 aromatic carbocycles. The number of hydrogen-bond donors (Lipinski definition) is 2. The van der Waals surface area contributed by atoms with Crippen LogP contribution in [0.2, 0.25) is 0 Å². The Labute approximate surface area is 186 Å². The second-order valence-corrected chi connectivity index (χ2v) is 8.66. The molecule has 0 spiro atoms. The number of carbonyl (C=O) groups is 3. The largest absolute Gasteiger partial charge is 0.465 e. The summed E-state index contributed by atoms with van der Waals surface area (Å²) >= 11 is 2.13. The molecule has 0 saturated carbocycles. The van der Waals surface area contributed by atoms with Crippen LogP contribution in [0.4, 0.5) is 5.00 Å². The number of nitrogens with zero attached hydrogens (tertiary/aromatic N) is 3. The molecule has 12 heteroatoms. The summed E-state index contributed by atoms with van der Waals surface area (Å²) in [5.41, 5.74) is 5.85. The van der Waals surface area contributed by atoms with Crippen LogP contribution >= 0.6 is 23.1 Å². The number of thioether (sulfide) groups is 1. The van der Waals surface area contributed by atoms with E-state index in [0.29, 0.717) is 22.3 Å². The maximum Gasteiger partial charge on any atom is 0.341 e. The van der Waals surface area contributed by atoms with Crippen molar-refractivity contribution in [3.63, 3.8) is 0 Å². The first-order valence-electron chi connectivity index (χ1n) is 9.17. The summed E-state index contributed by atoms with van der Waals surface area (Å²) in [6.07, 6.45) is 1.55. The molecule has 3 rings (SSSR count). The Bertz CT molecular complexity index is 1120. The van der Waals surface area contributed by atoms with Gasteiger partial charge in [0.25, 0.3) is 5.91 Å². The van der Waals surface area contributed by atoms with Gasteiger partial charge >= 0.3 is 5.97 Å². The molecule has 3 N–H and O–H groups in total. The second kappa shape index (κ2) is 9.35. The van der Waals surface area contributed by atoms with E-state index in [1.807, 2.05) is 18.4 Å². The molecule has 0 saturated heterocycles. The lowest BCUT2D eigenvalue weighted by atomic mass is 10.1. The number of rotatable bonds is 8. The molecule has 31 heavy (non-hydrogen) atoms. The Balaban J connectivity index is 1.78. The Morgan fingerprint density at radius 2 is 2.10 bits per heavy atom. The van der Waals surface area contributed by atoms with Crippen molar-refractivity contribution in [1.82, 2.24) is 14.8 Å². The van der Waals surface area contributed by atoms with Crippen LogP contribution < -0.4 is 11.1 Å². The minimum absolute atomic E-state index is 0.00642. The number of furan rings is 1. The normalized spacial score (nSPS) is 11.0. The third kappa shape index (κ3) is 4.64. The zero-order valence-corrected chi connectivity index (χ0v) is 18.9.